The fourth-order valence-corrected chi connectivity index (χ4v) is 4.62. The van der Waals surface area contributed by atoms with E-state index in [9.17, 15) is 9.59 Å². The number of esters is 1. The van der Waals surface area contributed by atoms with Gasteiger partial charge < -0.3 is 14.8 Å². The van der Waals surface area contributed by atoms with Crippen LogP contribution in [0.1, 0.15) is 42.7 Å². The summed E-state index contributed by atoms with van der Waals surface area (Å²) >= 11 is 0. The third-order valence-corrected chi connectivity index (χ3v) is 5.94. The monoisotopic (exact) mass is 403 g/mol. The Hall–Kier alpha value is -3.34. The van der Waals surface area contributed by atoms with E-state index in [4.69, 9.17) is 9.47 Å². The van der Waals surface area contributed by atoms with E-state index in [1.165, 1.54) is 7.11 Å². The molecule has 2 aliphatic rings. The molecular formula is C25H25NO4. The summed E-state index contributed by atoms with van der Waals surface area (Å²) in [5.74, 6) is 0.00423. The van der Waals surface area contributed by atoms with E-state index < -0.39 is 11.9 Å². The van der Waals surface area contributed by atoms with Gasteiger partial charge in [0.05, 0.1) is 19.8 Å². The van der Waals surface area contributed by atoms with E-state index in [1.54, 1.807) is 7.11 Å². The second-order valence-electron chi connectivity index (χ2n) is 7.66. The lowest BCUT2D eigenvalue weighted by molar-refractivity contribution is -0.136. The molecule has 30 heavy (non-hydrogen) atoms. The number of hydrogen-bond acceptors (Lipinski definition) is 5. The minimum Gasteiger partial charge on any atom is -0.496 e. The first-order valence-electron chi connectivity index (χ1n) is 10.0. The maximum atomic E-state index is 13.4. The van der Waals surface area contributed by atoms with Crippen molar-refractivity contribution in [3.05, 3.63) is 88.3 Å². The lowest BCUT2D eigenvalue weighted by Crippen LogP contribution is -2.36. The van der Waals surface area contributed by atoms with E-state index in [2.05, 4.69) is 5.32 Å². The molecule has 154 valence electrons. The van der Waals surface area contributed by atoms with Crippen molar-refractivity contribution in [3.8, 4) is 5.75 Å². The van der Waals surface area contributed by atoms with Crippen molar-refractivity contribution in [2.24, 2.45) is 0 Å². The standard InChI is InChI=1S/C25H25NO4/c1-15-22(25(28)30-3)23(16-9-5-4-6-10-16)24-19(26-15)13-17(14-20(24)27)18-11-7-8-12-21(18)29-2/h4-12,17,23,26H,13-14H2,1-3H3. The molecule has 1 aliphatic carbocycles. The molecule has 1 heterocycles. The van der Waals surface area contributed by atoms with Crippen LogP contribution in [0.5, 0.6) is 5.75 Å². The number of dihydropyridines is 1. The Morgan fingerprint density at radius 2 is 1.70 bits per heavy atom. The van der Waals surface area contributed by atoms with Gasteiger partial charge in [0.2, 0.25) is 0 Å². The van der Waals surface area contributed by atoms with Crippen molar-refractivity contribution in [3.63, 3.8) is 0 Å². The number of carbonyl (C=O) groups is 2. The zero-order valence-electron chi connectivity index (χ0n) is 17.4. The molecule has 0 spiro atoms. The molecule has 2 aromatic rings. The molecule has 0 saturated heterocycles. The number of hydrogen-bond donors (Lipinski definition) is 1. The average Bonchev–Trinajstić information content (AvgIpc) is 2.78. The first-order valence-corrected chi connectivity index (χ1v) is 10.0. The van der Waals surface area contributed by atoms with Gasteiger partial charge in [0.25, 0.3) is 0 Å². The average molecular weight is 403 g/mol. The van der Waals surface area contributed by atoms with Gasteiger partial charge in [0, 0.05) is 35.2 Å². The number of carbonyl (C=O) groups excluding carboxylic acids is 2. The van der Waals surface area contributed by atoms with E-state index >= 15 is 0 Å². The van der Waals surface area contributed by atoms with E-state index in [0.717, 1.165) is 28.3 Å². The lowest BCUT2D eigenvalue weighted by Gasteiger charge is -2.36. The van der Waals surface area contributed by atoms with E-state index in [-0.39, 0.29) is 11.7 Å². The van der Waals surface area contributed by atoms with Crippen molar-refractivity contribution in [2.45, 2.75) is 31.6 Å². The van der Waals surface area contributed by atoms with Gasteiger partial charge in [-0.15, -0.1) is 0 Å². The van der Waals surface area contributed by atoms with Crippen LogP contribution < -0.4 is 10.1 Å². The van der Waals surface area contributed by atoms with Gasteiger partial charge in [-0.25, -0.2) is 4.79 Å². The van der Waals surface area contributed by atoms with E-state index in [0.29, 0.717) is 24.0 Å². The van der Waals surface area contributed by atoms with Crippen LogP contribution in [-0.2, 0) is 14.3 Å². The van der Waals surface area contributed by atoms with Gasteiger partial charge >= 0.3 is 5.97 Å². The van der Waals surface area contributed by atoms with Gasteiger partial charge in [-0.2, -0.15) is 0 Å². The maximum Gasteiger partial charge on any atom is 0.336 e. The predicted molar refractivity (Wildman–Crippen MR) is 114 cm³/mol. The second-order valence-corrected chi connectivity index (χ2v) is 7.66. The molecule has 2 unspecified atom stereocenters. The molecule has 4 rings (SSSR count). The summed E-state index contributed by atoms with van der Waals surface area (Å²) in [4.78, 5) is 26.1. The van der Waals surface area contributed by atoms with Crippen LogP contribution in [0.2, 0.25) is 0 Å². The van der Waals surface area contributed by atoms with Crippen LogP contribution in [0.15, 0.2) is 77.1 Å². The van der Waals surface area contributed by atoms with Crippen molar-refractivity contribution >= 4 is 11.8 Å². The zero-order chi connectivity index (χ0) is 21.3. The summed E-state index contributed by atoms with van der Waals surface area (Å²) in [6, 6.07) is 17.5. The zero-order valence-corrected chi connectivity index (χ0v) is 17.4. The molecule has 2 atom stereocenters. The highest BCUT2D eigenvalue weighted by Gasteiger charge is 2.41. The highest BCUT2D eigenvalue weighted by atomic mass is 16.5. The van der Waals surface area contributed by atoms with Crippen molar-refractivity contribution in [1.82, 2.24) is 5.32 Å². The predicted octanol–water partition coefficient (Wildman–Crippen LogP) is 4.23. The number of allylic oxidation sites excluding steroid dienone is 3. The van der Waals surface area contributed by atoms with Crippen LogP contribution in [0.4, 0.5) is 0 Å². The first-order chi connectivity index (χ1) is 14.5. The molecule has 0 bridgehead atoms. The number of para-hydroxylation sites is 1. The minimum absolute atomic E-state index is 0.0174. The Morgan fingerprint density at radius 1 is 1.00 bits per heavy atom. The molecule has 1 N–H and O–H groups in total. The molecule has 0 saturated carbocycles. The van der Waals surface area contributed by atoms with Crippen LogP contribution in [0, 0.1) is 0 Å². The van der Waals surface area contributed by atoms with E-state index in [1.807, 2.05) is 61.5 Å². The fourth-order valence-electron chi connectivity index (χ4n) is 4.62. The van der Waals surface area contributed by atoms with Crippen LogP contribution in [0.25, 0.3) is 0 Å². The van der Waals surface area contributed by atoms with Crippen LogP contribution in [0.3, 0.4) is 0 Å². The van der Waals surface area contributed by atoms with Crippen molar-refractivity contribution in [2.75, 3.05) is 14.2 Å². The summed E-state index contributed by atoms with van der Waals surface area (Å²) in [6.45, 7) is 1.86. The summed E-state index contributed by atoms with van der Waals surface area (Å²) < 4.78 is 10.6. The minimum atomic E-state index is -0.430. The van der Waals surface area contributed by atoms with Gasteiger partial charge in [-0.1, -0.05) is 48.5 Å². The molecule has 0 amide bonds. The molecule has 2 aromatic carbocycles. The summed E-state index contributed by atoms with van der Waals surface area (Å²) in [6.07, 6.45) is 1.05. The summed E-state index contributed by atoms with van der Waals surface area (Å²) in [5.41, 5.74) is 4.70. The lowest BCUT2D eigenvalue weighted by atomic mass is 9.71. The number of ketones is 1. The Kier molecular flexibility index (Phi) is 5.44. The molecule has 0 radical (unpaired) electrons. The maximum absolute atomic E-state index is 13.4. The third-order valence-electron chi connectivity index (χ3n) is 5.94. The number of ether oxygens (including phenoxy) is 2. The van der Waals surface area contributed by atoms with Gasteiger partial charge in [0.1, 0.15) is 5.75 Å². The Morgan fingerprint density at radius 3 is 2.40 bits per heavy atom. The largest absolute Gasteiger partial charge is 0.496 e. The smallest absolute Gasteiger partial charge is 0.336 e. The normalized spacial score (nSPS) is 21.1. The molecule has 0 fully saturated rings. The number of Topliss-reactive ketones (excluding diaryl/α,β-unsaturated/α-hetero) is 1. The summed E-state index contributed by atoms with van der Waals surface area (Å²) in [5, 5.41) is 3.35. The molecule has 5 heteroatoms. The molecular weight excluding hydrogens is 378 g/mol. The second kappa shape index (κ2) is 8.19. The Bertz CT molecular complexity index is 1050. The van der Waals surface area contributed by atoms with Gasteiger partial charge in [-0.05, 0) is 30.5 Å². The number of benzene rings is 2. The molecule has 0 aromatic heterocycles. The molecule has 5 nitrogen and oxygen atoms in total. The highest BCUT2D eigenvalue weighted by molar-refractivity contribution is 6.04. The SMILES string of the molecule is COC(=O)C1=C(C)NC2=C(C(=O)CC(c3ccccc3OC)C2)C1c1ccccc1. The van der Waals surface area contributed by atoms with Crippen molar-refractivity contribution < 1.29 is 19.1 Å². The third kappa shape index (κ3) is 3.41. The van der Waals surface area contributed by atoms with Crippen LogP contribution in [-0.4, -0.2) is 26.0 Å². The quantitative estimate of drug-likeness (QED) is 0.774. The Balaban J connectivity index is 1.80. The fraction of sp³-hybridized carbons (Fsp3) is 0.280. The Labute approximate surface area is 176 Å². The summed E-state index contributed by atoms with van der Waals surface area (Å²) in [7, 11) is 3.02. The van der Waals surface area contributed by atoms with Crippen molar-refractivity contribution in [1.29, 1.82) is 0 Å². The van der Waals surface area contributed by atoms with Gasteiger partial charge in [0.15, 0.2) is 5.78 Å². The highest BCUT2D eigenvalue weighted by Crippen LogP contribution is 2.46. The van der Waals surface area contributed by atoms with Crippen LogP contribution >= 0.6 is 0 Å². The number of nitrogens with one attached hydrogen (secondary N) is 1. The number of methoxy groups -OCH3 is 2. The molecule has 1 aliphatic heterocycles. The first kappa shape index (κ1) is 20.0. The van der Waals surface area contributed by atoms with Gasteiger partial charge in [-0.3, -0.25) is 4.79 Å². The number of rotatable bonds is 4. The topological polar surface area (TPSA) is 64.6 Å².